The molecule has 1 aromatic rings. The van der Waals surface area contributed by atoms with Crippen LogP contribution in [0, 0.1) is 11.3 Å². The second kappa shape index (κ2) is 4.51. The van der Waals surface area contributed by atoms with E-state index in [-0.39, 0.29) is 4.75 Å². The van der Waals surface area contributed by atoms with Crippen molar-refractivity contribution in [1.82, 2.24) is 0 Å². The Morgan fingerprint density at radius 3 is 2.19 bits per heavy atom. The highest BCUT2D eigenvalue weighted by molar-refractivity contribution is 8.01. The average molecular weight is 231 g/mol. The summed E-state index contributed by atoms with van der Waals surface area (Å²) in [6, 6.07) is 8.98. The largest absolute Gasteiger partial charge is 0.197 e. The molecule has 1 saturated carbocycles. The SMILES string of the molecule is CCc1cccc(CC)c1SC1(C#N)CC1. The molecule has 0 aliphatic heterocycles. The van der Waals surface area contributed by atoms with Gasteiger partial charge in [-0.15, -0.1) is 11.8 Å². The number of nitrogens with zero attached hydrogens (tertiary/aromatic N) is 1. The lowest BCUT2D eigenvalue weighted by Crippen LogP contribution is -2.01. The minimum atomic E-state index is -0.102. The monoisotopic (exact) mass is 231 g/mol. The molecule has 1 aliphatic rings. The molecule has 0 radical (unpaired) electrons. The Kier molecular flexibility index (Phi) is 3.25. The first-order valence-corrected chi connectivity index (χ1v) is 6.77. The summed E-state index contributed by atoms with van der Waals surface area (Å²) in [6.07, 6.45) is 4.21. The van der Waals surface area contributed by atoms with Crippen LogP contribution in [0.15, 0.2) is 23.1 Å². The van der Waals surface area contributed by atoms with E-state index in [2.05, 4.69) is 38.1 Å². The van der Waals surface area contributed by atoms with Crippen molar-refractivity contribution in [2.45, 2.75) is 49.2 Å². The lowest BCUT2D eigenvalue weighted by Gasteiger charge is -2.14. The molecular formula is C14H17NS. The number of nitriles is 1. The van der Waals surface area contributed by atoms with Crippen molar-refractivity contribution < 1.29 is 0 Å². The maximum Gasteiger partial charge on any atom is 0.107 e. The van der Waals surface area contributed by atoms with Crippen molar-refractivity contribution in [3.05, 3.63) is 29.3 Å². The molecule has 0 amide bonds. The summed E-state index contributed by atoms with van der Waals surface area (Å²) in [5, 5.41) is 9.17. The molecule has 0 bridgehead atoms. The highest BCUT2D eigenvalue weighted by atomic mass is 32.2. The van der Waals surface area contributed by atoms with E-state index in [4.69, 9.17) is 0 Å². The Hall–Kier alpha value is -0.940. The van der Waals surface area contributed by atoms with Gasteiger partial charge in [-0.2, -0.15) is 5.26 Å². The predicted octanol–water partition coefficient (Wildman–Crippen LogP) is 3.96. The molecule has 1 nitrogen and oxygen atoms in total. The lowest BCUT2D eigenvalue weighted by atomic mass is 10.1. The Morgan fingerprint density at radius 1 is 1.25 bits per heavy atom. The molecule has 0 N–H and O–H groups in total. The van der Waals surface area contributed by atoms with Crippen LogP contribution in [0.3, 0.4) is 0 Å². The van der Waals surface area contributed by atoms with Gasteiger partial charge in [0.05, 0.1) is 6.07 Å². The van der Waals surface area contributed by atoms with Gasteiger partial charge in [0.15, 0.2) is 0 Å². The van der Waals surface area contributed by atoms with E-state index in [1.807, 2.05) is 0 Å². The summed E-state index contributed by atoms with van der Waals surface area (Å²) >= 11 is 1.80. The topological polar surface area (TPSA) is 23.8 Å². The summed E-state index contributed by atoms with van der Waals surface area (Å²) < 4.78 is -0.102. The molecule has 16 heavy (non-hydrogen) atoms. The summed E-state index contributed by atoms with van der Waals surface area (Å²) in [7, 11) is 0. The molecular weight excluding hydrogens is 214 g/mol. The first-order chi connectivity index (χ1) is 7.74. The smallest absolute Gasteiger partial charge is 0.107 e. The number of rotatable bonds is 4. The van der Waals surface area contributed by atoms with Crippen molar-refractivity contribution in [3.63, 3.8) is 0 Å². The van der Waals surface area contributed by atoms with Crippen molar-refractivity contribution in [2.24, 2.45) is 0 Å². The van der Waals surface area contributed by atoms with Crippen molar-refractivity contribution in [3.8, 4) is 6.07 Å². The van der Waals surface area contributed by atoms with Gasteiger partial charge in [0.2, 0.25) is 0 Å². The number of aryl methyl sites for hydroxylation is 2. The summed E-state index contributed by atoms with van der Waals surface area (Å²) in [4.78, 5) is 1.37. The van der Waals surface area contributed by atoms with Gasteiger partial charge in [-0.1, -0.05) is 32.0 Å². The fourth-order valence-electron chi connectivity index (χ4n) is 1.87. The maximum absolute atomic E-state index is 9.17. The minimum absolute atomic E-state index is 0.102. The van der Waals surface area contributed by atoms with Gasteiger partial charge in [-0.3, -0.25) is 0 Å². The minimum Gasteiger partial charge on any atom is -0.197 e. The van der Waals surface area contributed by atoms with Crippen LogP contribution in [0.1, 0.15) is 37.8 Å². The van der Waals surface area contributed by atoms with Gasteiger partial charge in [-0.25, -0.2) is 0 Å². The third kappa shape index (κ3) is 2.10. The second-order valence-corrected chi connectivity index (χ2v) is 5.71. The Morgan fingerprint density at radius 2 is 1.81 bits per heavy atom. The zero-order chi connectivity index (χ0) is 11.6. The molecule has 0 unspecified atom stereocenters. The summed E-state index contributed by atoms with van der Waals surface area (Å²) in [6.45, 7) is 4.37. The number of benzene rings is 1. The van der Waals surface area contributed by atoms with Gasteiger partial charge < -0.3 is 0 Å². The Balaban J connectivity index is 2.34. The first-order valence-electron chi connectivity index (χ1n) is 5.95. The van der Waals surface area contributed by atoms with Gasteiger partial charge in [-0.05, 0) is 36.8 Å². The van der Waals surface area contributed by atoms with E-state index >= 15 is 0 Å². The predicted molar refractivity (Wildman–Crippen MR) is 68.6 cm³/mol. The van der Waals surface area contributed by atoms with Crippen LogP contribution in [0.5, 0.6) is 0 Å². The zero-order valence-electron chi connectivity index (χ0n) is 9.92. The van der Waals surface area contributed by atoms with E-state index < -0.39 is 0 Å². The first kappa shape index (κ1) is 11.5. The van der Waals surface area contributed by atoms with Gasteiger partial charge >= 0.3 is 0 Å². The number of hydrogen-bond donors (Lipinski definition) is 0. The maximum atomic E-state index is 9.17. The normalized spacial score (nSPS) is 16.8. The van der Waals surface area contributed by atoms with E-state index in [9.17, 15) is 5.26 Å². The molecule has 2 rings (SSSR count). The molecule has 1 fully saturated rings. The van der Waals surface area contributed by atoms with Crippen LogP contribution in [-0.2, 0) is 12.8 Å². The third-order valence-electron chi connectivity index (χ3n) is 3.15. The highest BCUT2D eigenvalue weighted by Gasteiger charge is 2.45. The fourth-order valence-corrected chi connectivity index (χ4v) is 3.30. The van der Waals surface area contributed by atoms with Crippen LogP contribution < -0.4 is 0 Å². The standard InChI is InChI=1S/C14H17NS/c1-3-11-6-5-7-12(4-2)13(11)16-14(10-15)8-9-14/h5-7H,3-4,8-9H2,1-2H3. The van der Waals surface area contributed by atoms with Crippen LogP contribution in [0.2, 0.25) is 0 Å². The Labute approximate surface area is 102 Å². The molecule has 0 spiro atoms. The van der Waals surface area contributed by atoms with Crippen LogP contribution in [-0.4, -0.2) is 4.75 Å². The van der Waals surface area contributed by atoms with E-state index in [0.29, 0.717) is 0 Å². The lowest BCUT2D eigenvalue weighted by molar-refractivity contribution is 1.00. The zero-order valence-corrected chi connectivity index (χ0v) is 10.7. The highest BCUT2D eigenvalue weighted by Crippen LogP contribution is 2.52. The molecule has 1 aliphatic carbocycles. The Bertz CT molecular complexity index is 405. The van der Waals surface area contributed by atoms with Gasteiger partial charge in [0.1, 0.15) is 4.75 Å². The van der Waals surface area contributed by atoms with Crippen LogP contribution >= 0.6 is 11.8 Å². The molecule has 2 heteroatoms. The fraction of sp³-hybridized carbons (Fsp3) is 0.500. The van der Waals surface area contributed by atoms with Crippen molar-refractivity contribution >= 4 is 11.8 Å². The van der Waals surface area contributed by atoms with Crippen molar-refractivity contribution in [1.29, 1.82) is 5.26 Å². The average Bonchev–Trinajstić information content (AvgIpc) is 3.10. The molecule has 0 saturated heterocycles. The molecule has 0 aromatic heterocycles. The van der Waals surface area contributed by atoms with Gasteiger partial charge in [0, 0.05) is 4.90 Å². The van der Waals surface area contributed by atoms with E-state index in [1.165, 1.54) is 16.0 Å². The summed E-state index contributed by atoms with van der Waals surface area (Å²) in [5.41, 5.74) is 2.79. The van der Waals surface area contributed by atoms with E-state index in [1.54, 1.807) is 11.8 Å². The number of thioether (sulfide) groups is 1. The summed E-state index contributed by atoms with van der Waals surface area (Å²) in [5.74, 6) is 0. The molecule has 0 heterocycles. The van der Waals surface area contributed by atoms with E-state index in [0.717, 1.165) is 25.7 Å². The van der Waals surface area contributed by atoms with Crippen molar-refractivity contribution in [2.75, 3.05) is 0 Å². The number of hydrogen-bond acceptors (Lipinski definition) is 2. The molecule has 84 valence electrons. The molecule has 1 aromatic carbocycles. The van der Waals surface area contributed by atoms with Crippen LogP contribution in [0.4, 0.5) is 0 Å². The van der Waals surface area contributed by atoms with Gasteiger partial charge in [0.25, 0.3) is 0 Å². The third-order valence-corrected chi connectivity index (χ3v) is 4.76. The quantitative estimate of drug-likeness (QED) is 0.783. The molecule has 0 atom stereocenters. The second-order valence-electron chi connectivity index (χ2n) is 4.32. The van der Waals surface area contributed by atoms with Crippen LogP contribution in [0.25, 0.3) is 0 Å².